The number of nitrogen functional groups attached to an aromatic ring is 1. The molecule has 0 bridgehead atoms. The van der Waals surface area contributed by atoms with Gasteiger partial charge in [0, 0.05) is 19.3 Å². The minimum Gasteiger partial charge on any atom is -0.396 e. The van der Waals surface area contributed by atoms with Crippen LogP contribution in [-0.4, -0.2) is 33.7 Å². The Labute approximate surface area is 121 Å². The minimum absolute atomic E-state index is 0.141. The molecule has 0 aliphatic carbocycles. The summed E-state index contributed by atoms with van der Waals surface area (Å²) in [5.41, 5.74) is 6.54. The Hall–Kier alpha value is -1.52. The number of nitrogens with two attached hydrogens (primary N) is 1. The van der Waals surface area contributed by atoms with E-state index in [9.17, 15) is 4.79 Å². The Morgan fingerprint density at radius 3 is 2.75 bits per heavy atom. The van der Waals surface area contributed by atoms with Crippen LogP contribution >= 0.6 is 0 Å². The van der Waals surface area contributed by atoms with Gasteiger partial charge in [0.25, 0.3) is 0 Å². The summed E-state index contributed by atoms with van der Waals surface area (Å²) < 4.78 is 1.61. The van der Waals surface area contributed by atoms with Crippen molar-refractivity contribution in [1.82, 2.24) is 14.7 Å². The zero-order chi connectivity index (χ0) is 14.8. The van der Waals surface area contributed by atoms with Gasteiger partial charge in [0.15, 0.2) is 0 Å². The number of hydrogen-bond acceptors (Lipinski definition) is 3. The van der Waals surface area contributed by atoms with E-state index in [1.807, 2.05) is 4.90 Å². The quantitative estimate of drug-likeness (QED) is 0.901. The fraction of sp³-hybridized carbons (Fsp3) is 0.733. The van der Waals surface area contributed by atoms with Crippen LogP contribution in [0.2, 0.25) is 0 Å². The van der Waals surface area contributed by atoms with Gasteiger partial charge in [-0.25, -0.2) is 0 Å². The van der Waals surface area contributed by atoms with Crippen LogP contribution < -0.4 is 5.73 Å². The first kappa shape index (κ1) is 14.9. The molecule has 1 fully saturated rings. The van der Waals surface area contributed by atoms with Crippen molar-refractivity contribution in [3.63, 3.8) is 0 Å². The maximum Gasteiger partial charge on any atom is 0.244 e. The molecule has 2 N–H and O–H groups in total. The molecule has 2 heterocycles. The second kappa shape index (κ2) is 5.85. The fourth-order valence-electron chi connectivity index (χ4n) is 2.92. The second-order valence-electron chi connectivity index (χ2n) is 6.85. The zero-order valence-electron chi connectivity index (χ0n) is 12.8. The Kier molecular flexibility index (Phi) is 4.35. The predicted molar refractivity (Wildman–Crippen MR) is 80.0 cm³/mol. The lowest BCUT2D eigenvalue weighted by Crippen LogP contribution is -2.35. The molecule has 2 rings (SSSR count). The molecule has 20 heavy (non-hydrogen) atoms. The third-order valence-corrected chi connectivity index (χ3v) is 4.26. The van der Waals surface area contributed by atoms with Crippen molar-refractivity contribution in [2.45, 2.75) is 46.6 Å². The number of hydrogen-bond donors (Lipinski definition) is 1. The first-order valence-corrected chi connectivity index (χ1v) is 7.42. The van der Waals surface area contributed by atoms with Gasteiger partial charge in [0.05, 0.1) is 11.9 Å². The van der Waals surface area contributed by atoms with Gasteiger partial charge in [-0.15, -0.1) is 0 Å². The first-order chi connectivity index (χ1) is 9.36. The number of aromatic nitrogens is 2. The summed E-state index contributed by atoms with van der Waals surface area (Å²) in [5, 5.41) is 4.07. The van der Waals surface area contributed by atoms with Crippen molar-refractivity contribution in [2.75, 3.05) is 18.8 Å². The molecular weight excluding hydrogens is 252 g/mol. The first-order valence-electron chi connectivity index (χ1n) is 7.42. The molecule has 1 saturated heterocycles. The highest BCUT2D eigenvalue weighted by Gasteiger charge is 2.28. The molecule has 1 aromatic rings. The number of carbonyl (C=O) groups is 1. The third-order valence-electron chi connectivity index (χ3n) is 4.26. The molecule has 1 aliphatic rings. The highest BCUT2D eigenvalue weighted by molar-refractivity contribution is 5.76. The summed E-state index contributed by atoms with van der Waals surface area (Å²) in [5.74, 6) is 0.836. The van der Waals surface area contributed by atoms with Crippen LogP contribution in [0, 0.1) is 11.3 Å². The minimum atomic E-state index is 0.141. The number of carbonyl (C=O) groups excluding carboxylic acids is 1. The highest BCUT2D eigenvalue weighted by atomic mass is 16.2. The molecule has 5 heteroatoms. The van der Waals surface area contributed by atoms with Crippen molar-refractivity contribution in [1.29, 1.82) is 0 Å². The second-order valence-corrected chi connectivity index (χ2v) is 6.85. The van der Waals surface area contributed by atoms with Gasteiger partial charge in [0.2, 0.25) is 5.91 Å². The van der Waals surface area contributed by atoms with Crippen LogP contribution in [0.5, 0.6) is 0 Å². The summed E-state index contributed by atoms with van der Waals surface area (Å²) in [4.78, 5) is 14.3. The normalized spacial score (nSPS) is 20.8. The molecule has 0 spiro atoms. The summed E-state index contributed by atoms with van der Waals surface area (Å²) >= 11 is 0. The molecular formula is C15H26N4O. The molecule has 0 aromatic carbocycles. The Morgan fingerprint density at radius 1 is 1.40 bits per heavy atom. The standard InChI is InChI=1S/C15H26N4O/c1-15(2,3)12-5-4-7-18(8-6-12)14(20)11-19-10-13(16)9-17-19/h9-10,12H,4-8,11,16H2,1-3H3. The lowest BCUT2D eigenvalue weighted by atomic mass is 9.77. The monoisotopic (exact) mass is 278 g/mol. The van der Waals surface area contributed by atoms with Crippen molar-refractivity contribution in [3.05, 3.63) is 12.4 Å². The van der Waals surface area contributed by atoms with E-state index in [1.54, 1.807) is 17.1 Å². The summed E-state index contributed by atoms with van der Waals surface area (Å²) in [7, 11) is 0. The molecule has 112 valence electrons. The zero-order valence-corrected chi connectivity index (χ0v) is 12.8. The van der Waals surface area contributed by atoms with E-state index < -0.39 is 0 Å². The lowest BCUT2D eigenvalue weighted by Gasteiger charge is -2.29. The summed E-state index contributed by atoms with van der Waals surface area (Å²) in [6, 6.07) is 0. The van der Waals surface area contributed by atoms with E-state index in [4.69, 9.17) is 5.73 Å². The van der Waals surface area contributed by atoms with E-state index in [2.05, 4.69) is 25.9 Å². The number of anilines is 1. The van der Waals surface area contributed by atoms with E-state index >= 15 is 0 Å². The van der Waals surface area contributed by atoms with Gasteiger partial charge >= 0.3 is 0 Å². The summed E-state index contributed by atoms with van der Waals surface area (Å²) in [6.07, 6.45) is 6.67. The van der Waals surface area contributed by atoms with Crippen molar-refractivity contribution in [2.24, 2.45) is 11.3 Å². The van der Waals surface area contributed by atoms with E-state index in [1.165, 1.54) is 6.42 Å². The largest absolute Gasteiger partial charge is 0.396 e. The fourth-order valence-corrected chi connectivity index (χ4v) is 2.92. The predicted octanol–water partition coefficient (Wildman–Crippen LogP) is 2.14. The van der Waals surface area contributed by atoms with Crippen molar-refractivity contribution < 1.29 is 4.79 Å². The van der Waals surface area contributed by atoms with Crippen molar-refractivity contribution >= 4 is 11.6 Å². The van der Waals surface area contributed by atoms with E-state index in [0.717, 1.165) is 25.9 Å². The van der Waals surface area contributed by atoms with Gasteiger partial charge < -0.3 is 10.6 Å². The van der Waals surface area contributed by atoms with Gasteiger partial charge in [-0.3, -0.25) is 9.48 Å². The molecule has 1 atom stereocenters. The van der Waals surface area contributed by atoms with E-state index in [0.29, 0.717) is 17.0 Å². The lowest BCUT2D eigenvalue weighted by molar-refractivity contribution is -0.132. The number of nitrogens with zero attached hydrogens (tertiary/aromatic N) is 3. The SMILES string of the molecule is CC(C)(C)C1CCCN(C(=O)Cn2cc(N)cn2)CC1. The van der Waals surface area contributed by atoms with Crippen LogP contribution in [0.3, 0.4) is 0 Å². The van der Waals surface area contributed by atoms with Crippen LogP contribution in [0.4, 0.5) is 5.69 Å². The Bertz CT molecular complexity index is 461. The van der Waals surface area contributed by atoms with Crippen LogP contribution in [0.25, 0.3) is 0 Å². The van der Waals surface area contributed by atoms with Crippen molar-refractivity contribution in [3.8, 4) is 0 Å². The smallest absolute Gasteiger partial charge is 0.244 e. The van der Waals surface area contributed by atoms with Gasteiger partial charge in [-0.1, -0.05) is 20.8 Å². The molecule has 0 radical (unpaired) electrons. The summed E-state index contributed by atoms with van der Waals surface area (Å²) in [6.45, 7) is 8.89. The highest BCUT2D eigenvalue weighted by Crippen LogP contribution is 2.34. The van der Waals surface area contributed by atoms with Crippen LogP contribution in [0.1, 0.15) is 40.0 Å². The Balaban J connectivity index is 1.91. The average Bonchev–Trinajstić information content (AvgIpc) is 2.64. The van der Waals surface area contributed by atoms with Crippen LogP contribution in [0.15, 0.2) is 12.4 Å². The number of amides is 1. The molecule has 1 amide bonds. The molecule has 1 aliphatic heterocycles. The molecule has 1 aromatic heterocycles. The molecule has 1 unspecified atom stereocenters. The van der Waals surface area contributed by atoms with Crippen LogP contribution in [-0.2, 0) is 11.3 Å². The molecule has 5 nitrogen and oxygen atoms in total. The maximum atomic E-state index is 12.3. The van der Waals surface area contributed by atoms with Gasteiger partial charge in [-0.05, 0) is 30.6 Å². The molecule has 0 saturated carbocycles. The topological polar surface area (TPSA) is 64.2 Å². The van der Waals surface area contributed by atoms with Gasteiger partial charge in [-0.2, -0.15) is 5.10 Å². The average molecular weight is 278 g/mol. The third kappa shape index (κ3) is 3.74. The maximum absolute atomic E-state index is 12.3. The number of rotatable bonds is 2. The number of likely N-dealkylation sites (tertiary alicyclic amines) is 1. The Morgan fingerprint density at radius 2 is 2.15 bits per heavy atom. The van der Waals surface area contributed by atoms with Gasteiger partial charge in [0.1, 0.15) is 6.54 Å². The van der Waals surface area contributed by atoms with E-state index in [-0.39, 0.29) is 12.5 Å².